The number of fused-ring (bicyclic) bond motifs is 2. The fourth-order valence-electron chi connectivity index (χ4n) is 4.51. The van der Waals surface area contributed by atoms with Crippen LogP contribution >= 0.6 is 11.8 Å². The highest BCUT2D eigenvalue weighted by atomic mass is 32.2. The molecule has 0 aliphatic carbocycles. The zero-order valence-corrected chi connectivity index (χ0v) is 20.5. The summed E-state index contributed by atoms with van der Waals surface area (Å²) in [6, 6.07) is 17.5. The first kappa shape index (κ1) is 24.6. The number of allylic oxidation sites excluding steroid dienone is 1. The molecule has 1 amide bonds. The summed E-state index contributed by atoms with van der Waals surface area (Å²) in [5.41, 5.74) is 1.30. The number of aliphatic carboxylic acids is 1. The third-order valence-electron chi connectivity index (χ3n) is 6.26. The second-order valence-electron chi connectivity index (χ2n) is 8.77. The molecule has 2 atom stereocenters. The second-order valence-corrected chi connectivity index (χ2v) is 9.87. The van der Waals surface area contributed by atoms with E-state index in [-0.39, 0.29) is 42.2 Å². The Bertz CT molecular complexity index is 1490. The predicted molar refractivity (Wildman–Crippen MR) is 138 cm³/mol. The second kappa shape index (κ2) is 10.5. The molecule has 37 heavy (non-hydrogen) atoms. The quantitative estimate of drug-likeness (QED) is 0.337. The van der Waals surface area contributed by atoms with Gasteiger partial charge in [0.25, 0.3) is 0 Å². The summed E-state index contributed by atoms with van der Waals surface area (Å²) in [7, 11) is 0. The first-order chi connectivity index (χ1) is 17.9. The number of Topliss-reactive ketones (excluding diaryl/α,β-unsaturated/α-hetero) is 1. The SMILES string of the molecule is O=C(Cc1ccccc1)C[C@@H]1C(=O)N2C(C(=O)O)=C(/C=C\COc3ccc4ccc(=O)oc4c3)CS[C@H]12. The minimum Gasteiger partial charge on any atom is -0.489 e. The molecular formula is C28H23NO7S. The lowest BCUT2D eigenvalue weighted by molar-refractivity contribution is -0.153. The van der Waals surface area contributed by atoms with Crippen molar-refractivity contribution in [2.45, 2.75) is 18.2 Å². The van der Waals surface area contributed by atoms with Crippen LogP contribution in [-0.2, 0) is 20.8 Å². The molecule has 1 N–H and O–H groups in total. The van der Waals surface area contributed by atoms with Crippen LogP contribution in [0.3, 0.4) is 0 Å². The van der Waals surface area contributed by atoms with E-state index in [1.54, 1.807) is 36.4 Å². The van der Waals surface area contributed by atoms with E-state index < -0.39 is 17.5 Å². The van der Waals surface area contributed by atoms with Crippen LogP contribution in [0.25, 0.3) is 11.0 Å². The molecule has 3 aromatic rings. The van der Waals surface area contributed by atoms with Gasteiger partial charge in [0.1, 0.15) is 29.4 Å². The fraction of sp³-hybridized carbons (Fsp3) is 0.214. The van der Waals surface area contributed by atoms with Crippen molar-refractivity contribution in [2.24, 2.45) is 5.92 Å². The van der Waals surface area contributed by atoms with Gasteiger partial charge in [0.2, 0.25) is 5.91 Å². The van der Waals surface area contributed by atoms with Crippen molar-refractivity contribution in [1.29, 1.82) is 0 Å². The summed E-state index contributed by atoms with van der Waals surface area (Å²) in [4.78, 5) is 50.2. The van der Waals surface area contributed by atoms with E-state index in [4.69, 9.17) is 9.15 Å². The Morgan fingerprint density at radius 2 is 1.89 bits per heavy atom. The summed E-state index contributed by atoms with van der Waals surface area (Å²) in [5, 5.41) is 10.2. The first-order valence-electron chi connectivity index (χ1n) is 11.7. The van der Waals surface area contributed by atoms with Gasteiger partial charge in [0, 0.05) is 36.1 Å². The van der Waals surface area contributed by atoms with Crippen molar-refractivity contribution < 1.29 is 28.6 Å². The monoisotopic (exact) mass is 517 g/mol. The lowest BCUT2D eigenvalue weighted by Gasteiger charge is -2.49. The van der Waals surface area contributed by atoms with E-state index in [0.29, 0.717) is 22.7 Å². The molecule has 9 heteroatoms. The Morgan fingerprint density at radius 3 is 2.68 bits per heavy atom. The molecule has 3 heterocycles. The van der Waals surface area contributed by atoms with E-state index in [0.717, 1.165) is 10.9 Å². The number of hydrogen-bond acceptors (Lipinski definition) is 7. The molecule has 8 nitrogen and oxygen atoms in total. The van der Waals surface area contributed by atoms with Gasteiger partial charge in [-0.3, -0.25) is 14.5 Å². The Hall–Kier alpha value is -4.11. The number of carboxylic acid groups (broad SMARTS) is 1. The summed E-state index contributed by atoms with van der Waals surface area (Å²) in [6.45, 7) is 0.150. The van der Waals surface area contributed by atoms with Gasteiger partial charge in [-0.05, 0) is 35.4 Å². The molecule has 1 aromatic heterocycles. The molecule has 188 valence electrons. The maximum Gasteiger partial charge on any atom is 0.352 e. The van der Waals surface area contributed by atoms with Gasteiger partial charge >= 0.3 is 11.6 Å². The first-order valence-corrected chi connectivity index (χ1v) is 12.8. The number of carboxylic acids is 1. The smallest absolute Gasteiger partial charge is 0.352 e. The van der Waals surface area contributed by atoms with Gasteiger partial charge in [-0.15, -0.1) is 11.8 Å². The number of ketones is 1. The molecule has 0 saturated carbocycles. The van der Waals surface area contributed by atoms with E-state index >= 15 is 0 Å². The number of hydrogen-bond donors (Lipinski definition) is 1. The summed E-state index contributed by atoms with van der Waals surface area (Å²) in [5.74, 6) is -1.18. The molecule has 1 fully saturated rings. The molecule has 5 rings (SSSR count). The number of amides is 1. The Labute approximate surface area is 216 Å². The Balaban J connectivity index is 1.23. The number of rotatable bonds is 9. The van der Waals surface area contributed by atoms with Crippen molar-refractivity contribution in [3.63, 3.8) is 0 Å². The van der Waals surface area contributed by atoms with Gasteiger partial charge < -0.3 is 14.3 Å². The highest BCUT2D eigenvalue weighted by Crippen LogP contribution is 2.45. The summed E-state index contributed by atoms with van der Waals surface area (Å²) in [6.07, 6.45) is 3.67. The zero-order valence-electron chi connectivity index (χ0n) is 19.7. The summed E-state index contributed by atoms with van der Waals surface area (Å²) >= 11 is 1.46. The maximum absolute atomic E-state index is 12.9. The van der Waals surface area contributed by atoms with Crippen LogP contribution in [-0.4, -0.2) is 45.4 Å². The third-order valence-corrected chi connectivity index (χ3v) is 7.62. The van der Waals surface area contributed by atoms with Crippen LogP contribution in [0.4, 0.5) is 0 Å². The highest BCUT2D eigenvalue weighted by Gasteiger charge is 2.53. The van der Waals surface area contributed by atoms with Gasteiger partial charge in [-0.2, -0.15) is 0 Å². The third kappa shape index (κ3) is 5.22. The average Bonchev–Trinajstić information content (AvgIpc) is 2.89. The Kier molecular flexibility index (Phi) is 6.96. The van der Waals surface area contributed by atoms with Crippen LogP contribution in [0.2, 0.25) is 0 Å². The molecule has 2 aliphatic rings. The number of thioether (sulfide) groups is 1. The number of carbonyl (C=O) groups is 3. The van der Waals surface area contributed by atoms with Gasteiger partial charge in [-0.25, -0.2) is 9.59 Å². The van der Waals surface area contributed by atoms with Crippen molar-refractivity contribution >= 4 is 40.4 Å². The minimum absolute atomic E-state index is 0.0403. The van der Waals surface area contributed by atoms with Gasteiger partial charge in [0.15, 0.2) is 0 Å². The van der Waals surface area contributed by atoms with E-state index in [9.17, 15) is 24.3 Å². The standard InChI is InChI=1S/C28H23NO7S/c30-20(13-17-5-2-1-3-6-17)14-22-26(32)29-25(28(33)34)19(16-37-27(22)29)7-4-12-35-21-10-8-18-9-11-24(31)36-23(18)15-21/h1-11,15,22,27H,12-14,16H2,(H,33,34)/b7-4-/t22-,27-/m1/s1. The largest absolute Gasteiger partial charge is 0.489 e. The van der Waals surface area contributed by atoms with Crippen molar-refractivity contribution in [3.8, 4) is 5.75 Å². The lowest BCUT2D eigenvalue weighted by Crippen LogP contribution is -2.61. The maximum atomic E-state index is 12.9. The van der Waals surface area contributed by atoms with E-state index in [2.05, 4.69) is 0 Å². The molecule has 1 saturated heterocycles. The van der Waals surface area contributed by atoms with Gasteiger partial charge in [-0.1, -0.05) is 36.4 Å². The topological polar surface area (TPSA) is 114 Å². The van der Waals surface area contributed by atoms with Crippen molar-refractivity contribution in [2.75, 3.05) is 12.4 Å². The Morgan fingerprint density at radius 1 is 1.11 bits per heavy atom. The molecule has 0 radical (unpaired) electrons. The number of carbonyl (C=O) groups excluding carboxylic acids is 2. The van der Waals surface area contributed by atoms with Crippen LogP contribution in [0.5, 0.6) is 5.75 Å². The molecule has 0 bridgehead atoms. The minimum atomic E-state index is -1.18. The van der Waals surface area contributed by atoms with Crippen LogP contribution in [0, 0.1) is 5.92 Å². The zero-order chi connectivity index (χ0) is 25.9. The van der Waals surface area contributed by atoms with Crippen LogP contribution in [0.15, 0.2) is 93.3 Å². The summed E-state index contributed by atoms with van der Waals surface area (Å²) < 4.78 is 10.8. The number of nitrogens with zero attached hydrogens (tertiary/aromatic N) is 1. The molecule has 2 aromatic carbocycles. The molecule has 0 unspecified atom stereocenters. The van der Waals surface area contributed by atoms with Crippen LogP contribution in [0.1, 0.15) is 12.0 Å². The fourth-order valence-corrected chi connectivity index (χ4v) is 5.90. The van der Waals surface area contributed by atoms with Crippen molar-refractivity contribution in [1.82, 2.24) is 4.90 Å². The number of benzene rings is 2. The molecular weight excluding hydrogens is 494 g/mol. The number of β-lactam (4-membered cyclic amide) rings is 1. The average molecular weight is 518 g/mol. The van der Waals surface area contributed by atoms with E-state index in [1.807, 2.05) is 30.3 Å². The molecule has 2 aliphatic heterocycles. The predicted octanol–water partition coefficient (Wildman–Crippen LogP) is 3.80. The number of ether oxygens (including phenoxy) is 1. The lowest BCUT2D eigenvalue weighted by atomic mass is 9.89. The normalized spacial score (nSPS) is 19.1. The van der Waals surface area contributed by atoms with Crippen molar-refractivity contribution in [3.05, 3.63) is 100 Å². The highest BCUT2D eigenvalue weighted by molar-refractivity contribution is 8.00. The van der Waals surface area contributed by atoms with Gasteiger partial charge in [0.05, 0.1) is 11.3 Å². The molecule has 0 spiro atoms. The van der Waals surface area contributed by atoms with Crippen LogP contribution < -0.4 is 10.4 Å². The van der Waals surface area contributed by atoms with E-state index in [1.165, 1.54) is 22.7 Å².